The summed E-state index contributed by atoms with van der Waals surface area (Å²) in [5, 5.41) is 7.53. The van der Waals surface area contributed by atoms with Gasteiger partial charge >= 0.3 is 0 Å². The molecule has 1 saturated heterocycles. The molecule has 0 radical (unpaired) electrons. The monoisotopic (exact) mass is 339 g/mol. The number of hydrogen-bond acceptors (Lipinski definition) is 4. The van der Waals surface area contributed by atoms with Gasteiger partial charge in [-0.3, -0.25) is 9.48 Å². The van der Waals surface area contributed by atoms with Crippen LogP contribution in [0.5, 0.6) is 0 Å². The van der Waals surface area contributed by atoms with Gasteiger partial charge in [-0.05, 0) is 52.0 Å². The van der Waals surface area contributed by atoms with Crippen LogP contribution in [0.4, 0.5) is 0 Å². The van der Waals surface area contributed by atoms with Crippen molar-refractivity contribution in [3.63, 3.8) is 0 Å². The van der Waals surface area contributed by atoms with Crippen LogP contribution in [0.25, 0.3) is 0 Å². The van der Waals surface area contributed by atoms with Crippen LogP contribution in [0.3, 0.4) is 0 Å². The minimum atomic E-state index is -2.91. The van der Waals surface area contributed by atoms with Gasteiger partial charge in [0.15, 0.2) is 9.84 Å². The molecule has 1 N–H and O–H groups in total. The highest BCUT2D eigenvalue weighted by Crippen LogP contribution is 2.40. The Bertz CT molecular complexity index is 711. The second-order valence-corrected chi connectivity index (χ2v) is 10.0. The van der Waals surface area contributed by atoms with Crippen molar-refractivity contribution in [1.29, 1.82) is 0 Å². The predicted octanol–water partition coefficient (Wildman–Crippen LogP) is 1.68. The highest BCUT2D eigenvalue weighted by molar-refractivity contribution is 7.91. The normalized spacial score (nSPS) is 23.9. The van der Waals surface area contributed by atoms with E-state index in [4.69, 9.17) is 0 Å². The standard InChI is InChI=1S/C16H25N3O3S/c1-16(2,3)19-14(8-13(18-19)12-4-5-12)15(20)17-9-11-6-7-23(21,22)10-11/h8,11-12H,4-7,9-10H2,1-3H3,(H,17,20)/t11-/m1/s1. The van der Waals surface area contributed by atoms with Crippen molar-refractivity contribution in [2.45, 2.75) is 51.5 Å². The molecule has 0 spiro atoms. The lowest BCUT2D eigenvalue weighted by atomic mass is 10.1. The van der Waals surface area contributed by atoms with Gasteiger partial charge in [0.2, 0.25) is 0 Å². The fourth-order valence-electron chi connectivity index (χ4n) is 3.01. The summed E-state index contributed by atoms with van der Waals surface area (Å²) in [4.78, 5) is 12.6. The molecule has 1 aromatic heterocycles. The summed E-state index contributed by atoms with van der Waals surface area (Å²) in [5.41, 5.74) is 1.30. The fourth-order valence-corrected chi connectivity index (χ4v) is 4.87. The van der Waals surface area contributed by atoms with E-state index in [1.807, 2.05) is 26.8 Å². The molecular formula is C16H25N3O3S. The van der Waals surface area contributed by atoms with Crippen LogP contribution in [0.2, 0.25) is 0 Å². The Morgan fingerprint density at radius 1 is 1.35 bits per heavy atom. The number of amides is 1. The molecule has 3 rings (SSSR count). The quantitative estimate of drug-likeness (QED) is 0.905. The second-order valence-electron chi connectivity index (χ2n) is 7.79. The minimum Gasteiger partial charge on any atom is -0.350 e. The third-order valence-corrected chi connectivity index (χ3v) is 6.31. The molecule has 7 heteroatoms. The van der Waals surface area contributed by atoms with Crippen molar-refractivity contribution in [2.75, 3.05) is 18.1 Å². The number of carbonyl (C=O) groups is 1. The highest BCUT2D eigenvalue weighted by atomic mass is 32.2. The van der Waals surface area contributed by atoms with Gasteiger partial charge in [0.25, 0.3) is 5.91 Å². The van der Waals surface area contributed by atoms with Crippen LogP contribution < -0.4 is 5.32 Å². The number of rotatable bonds is 4. The number of carbonyl (C=O) groups excluding carboxylic acids is 1. The van der Waals surface area contributed by atoms with Gasteiger partial charge < -0.3 is 5.32 Å². The number of sulfone groups is 1. The maximum atomic E-state index is 12.6. The lowest BCUT2D eigenvalue weighted by molar-refractivity contribution is 0.0930. The number of nitrogens with one attached hydrogen (secondary N) is 1. The molecule has 2 heterocycles. The zero-order valence-corrected chi connectivity index (χ0v) is 14.8. The zero-order chi connectivity index (χ0) is 16.8. The molecule has 23 heavy (non-hydrogen) atoms. The highest BCUT2D eigenvalue weighted by Gasteiger charge is 2.32. The molecule has 2 aliphatic rings. The van der Waals surface area contributed by atoms with E-state index in [1.165, 1.54) is 0 Å². The van der Waals surface area contributed by atoms with Gasteiger partial charge in [-0.1, -0.05) is 0 Å². The molecule has 0 unspecified atom stereocenters. The first-order chi connectivity index (χ1) is 10.7. The van der Waals surface area contributed by atoms with Crippen molar-refractivity contribution in [3.8, 4) is 0 Å². The smallest absolute Gasteiger partial charge is 0.269 e. The first-order valence-corrected chi connectivity index (χ1v) is 10.1. The van der Waals surface area contributed by atoms with Crippen LogP contribution in [0, 0.1) is 5.92 Å². The second kappa shape index (κ2) is 5.61. The fraction of sp³-hybridized carbons (Fsp3) is 0.750. The molecule has 0 bridgehead atoms. The Labute approximate surface area is 137 Å². The summed E-state index contributed by atoms with van der Waals surface area (Å²) >= 11 is 0. The van der Waals surface area contributed by atoms with Crippen LogP contribution in [-0.2, 0) is 15.4 Å². The molecule has 1 amide bonds. The van der Waals surface area contributed by atoms with E-state index in [0.717, 1.165) is 18.5 Å². The summed E-state index contributed by atoms with van der Waals surface area (Å²) in [6, 6.07) is 1.89. The lowest BCUT2D eigenvalue weighted by Crippen LogP contribution is -2.34. The number of aromatic nitrogens is 2. The van der Waals surface area contributed by atoms with E-state index < -0.39 is 9.84 Å². The van der Waals surface area contributed by atoms with E-state index in [-0.39, 0.29) is 28.9 Å². The molecule has 1 aliphatic heterocycles. The zero-order valence-electron chi connectivity index (χ0n) is 14.0. The predicted molar refractivity (Wildman–Crippen MR) is 88.3 cm³/mol. The van der Waals surface area contributed by atoms with E-state index in [9.17, 15) is 13.2 Å². The minimum absolute atomic E-state index is 0.0258. The molecule has 1 aromatic rings. The van der Waals surface area contributed by atoms with Gasteiger partial charge in [0, 0.05) is 12.5 Å². The summed E-state index contributed by atoms with van der Waals surface area (Å²) in [5.74, 6) is 0.768. The maximum absolute atomic E-state index is 12.6. The summed E-state index contributed by atoms with van der Waals surface area (Å²) in [6.45, 7) is 6.48. The van der Waals surface area contributed by atoms with Gasteiger partial charge in [-0.25, -0.2) is 8.42 Å². The third-order valence-electron chi connectivity index (χ3n) is 4.47. The molecule has 1 aliphatic carbocycles. The van der Waals surface area contributed by atoms with Crippen LogP contribution >= 0.6 is 0 Å². The molecular weight excluding hydrogens is 314 g/mol. The van der Waals surface area contributed by atoms with Crippen molar-refractivity contribution in [1.82, 2.24) is 15.1 Å². The van der Waals surface area contributed by atoms with Crippen molar-refractivity contribution < 1.29 is 13.2 Å². The summed E-state index contributed by atoms with van der Waals surface area (Å²) in [6.07, 6.45) is 2.92. The SMILES string of the molecule is CC(C)(C)n1nc(C2CC2)cc1C(=O)NC[C@H]1CCS(=O)(=O)C1. The average molecular weight is 339 g/mol. The lowest BCUT2D eigenvalue weighted by Gasteiger charge is -2.22. The van der Waals surface area contributed by atoms with Crippen LogP contribution in [0.1, 0.15) is 62.1 Å². The molecule has 128 valence electrons. The van der Waals surface area contributed by atoms with Gasteiger partial charge in [0.05, 0.1) is 22.7 Å². The maximum Gasteiger partial charge on any atom is 0.269 e. The average Bonchev–Trinajstić information content (AvgIpc) is 3.08. The Morgan fingerprint density at radius 3 is 2.57 bits per heavy atom. The van der Waals surface area contributed by atoms with E-state index in [1.54, 1.807) is 4.68 Å². The largest absolute Gasteiger partial charge is 0.350 e. The van der Waals surface area contributed by atoms with Crippen molar-refractivity contribution in [3.05, 3.63) is 17.5 Å². The molecule has 1 saturated carbocycles. The third kappa shape index (κ3) is 3.76. The topological polar surface area (TPSA) is 81.1 Å². The Balaban J connectivity index is 1.71. The molecule has 1 atom stereocenters. The van der Waals surface area contributed by atoms with Gasteiger partial charge in [0.1, 0.15) is 5.69 Å². The van der Waals surface area contributed by atoms with E-state index in [2.05, 4.69) is 10.4 Å². The van der Waals surface area contributed by atoms with Crippen molar-refractivity contribution in [2.24, 2.45) is 5.92 Å². The molecule has 0 aromatic carbocycles. The molecule has 2 fully saturated rings. The number of hydrogen-bond donors (Lipinski definition) is 1. The Morgan fingerprint density at radius 2 is 2.04 bits per heavy atom. The first kappa shape index (κ1) is 16.5. The Kier molecular flexibility index (Phi) is 4.02. The first-order valence-electron chi connectivity index (χ1n) is 8.25. The van der Waals surface area contributed by atoms with E-state index in [0.29, 0.717) is 24.6 Å². The van der Waals surface area contributed by atoms with Crippen LogP contribution in [0.15, 0.2) is 6.07 Å². The molecule has 6 nitrogen and oxygen atoms in total. The van der Waals surface area contributed by atoms with Gasteiger partial charge in [-0.2, -0.15) is 5.10 Å². The van der Waals surface area contributed by atoms with Gasteiger partial charge in [-0.15, -0.1) is 0 Å². The summed E-state index contributed by atoms with van der Waals surface area (Å²) in [7, 11) is -2.91. The van der Waals surface area contributed by atoms with Crippen molar-refractivity contribution >= 4 is 15.7 Å². The van der Waals surface area contributed by atoms with E-state index >= 15 is 0 Å². The summed E-state index contributed by atoms with van der Waals surface area (Å²) < 4.78 is 24.8. The number of nitrogens with zero attached hydrogens (tertiary/aromatic N) is 2. The Hall–Kier alpha value is -1.37. The van der Waals surface area contributed by atoms with Crippen LogP contribution in [-0.4, -0.2) is 42.2 Å².